The second kappa shape index (κ2) is 5.20. The van der Waals surface area contributed by atoms with Crippen molar-refractivity contribution < 1.29 is 4.79 Å². The number of rotatable bonds is 4. The molecule has 2 saturated carbocycles. The van der Waals surface area contributed by atoms with Gasteiger partial charge in [-0.1, -0.05) is 6.42 Å². The van der Waals surface area contributed by atoms with Crippen molar-refractivity contribution in [3.63, 3.8) is 0 Å². The molecule has 3 rings (SSSR count). The van der Waals surface area contributed by atoms with Gasteiger partial charge in [0.1, 0.15) is 0 Å². The third-order valence-corrected chi connectivity index (χ3v) is 5.40. The third-order valence-electron chi connectivity index (χ3n) is 5.40. The number of amides is 1. The summed E-state index contributed by atoms with van der Waals surface area (Å²) < 4.78 is 0. The van der Waals surface area contributed by atoms with Gasteiger partial charge in [0.05, 0.1) is 0 Å². The predicted octanol–water partition coefficient (Wildman–Crippen LogP) is 2.02. The summed E-state index contributed by atoms with van der Waals surface area (Å²) in [4.78, 5) is 14.2. The zero-order valence-electron chi connectivity index (χ0n) is 11.5. The fourth-order valence-electron chi connectivity index (χ4n) is 4.35. The van der Waals surface area contributed by atoms with Gasteiger partial charge < -0.3 is 10.2 Å². The fraction of sp³-hybridized carbons (Fsp3) is 0.933. The van der Waals surface area contributed by atoms with E-state index < -0.39 is 0 Å². The molecule has 0 aromatic rings. The molecular formula is C15H26N2O. The minimum atomic E-state index is 0.345. The lowest BCUT2D eigenvalue weighted by molar-refractivity contribution is -0.131. The molecule has 3 fully saturated rings. The van der Waals surface area contributed by atoms with Gasteiger partial charge in [-0.3, -0.25) is 4.79 Å². The highest BCUT2D eigenvalue weighted by Crippen LogP contribution is 2.48. The summed E-state index contributed by atoms with van der Waals surface area (Å²) in [5.41, 5.74) is 0. The summed E-state index contributed by atoms with van der Waals surface area (Å²) in [6.07, 6.45) is 8.80. The average Bonchev–Trinajstić information content (AvgIpc) is 3.04. The van der Waals surface area contributed by atoms with Crippen molar-refractivity contribution in [3.8, 4) is 0 Å². The van der Waals surface area contributed by atoms with Crippen LogP contribution in [0.15, 0.2) is 0 Å². The maximum absolute atomic E-state index is 12.2. The Morgan fingerprint density at radius 3 is 2.78 bits per heavy atom. The molecule has 1 N–H and O–H groups in total. The Kier molecular flexibility index (Phi) is 3.60. The number of hydrogen-bond donors (Lipinski definition) is 1. The molecule has 0 spiro atoms. The highest BCUT2D eigenvalue weighted by Gasteiger charge is 2.40. The van der Waals surface area contributed by atoms with Crippen LogP contribution in [0.2, 0.25) is 0 Å². The Labute approximate surface area is 110 Å². The van der Waals surface area contributed by atoms with Crippen LogP contribution in [-0.4, -0.2) is 37.0 Å². The highest BCUT2D eigenvalue weighted by atomic mass is 16.2. The molecule has 4 atom stereocenters. The van der Waals surface area contributed by atoms with Gasteiger partial charge in [-0.05, 0) is 56.4 Å². The van der Waals surface area contributed by atoms with Gasteiger partial charge in [0.15, 0.2) is 0 Å². The van der Waals surface area contributed by atoms with Crippen LogP contribution in [0.5, 0.6) is 0 Å². The van der Waals surface area contributed by atoms with Gasteiger partial charge in [0.2, 0.25) is 5.91 Å². The van der Waals surface area contributed by atoms with Crippen LogP contribution < -0.4 is 5.32 Å². The number of nitrogens with zero attached hydrogens (tertiary/aromatic N) is 1. The van der Waals surface area contributed by atoms with Crippen LogP contribution in [0.1, 0.15) is 44.9 Å². The van der Waals surface area contributed by atoms with E-state index in [4.69, 9.17) is 0 Å². The van der Waals surface area contributed by atoms with Crippen LogP contribution in [0.4, 0.5) is 0 Å². The minimum Gasteiger partial charge on any atom is -0.345 e. The van der Waals surface area contributed by atoms with E-state index in [1.807, 2.05) is 11.9 Å². The molecule has 0 aromatic heterocycles. The molecule has 2 aliphatic carbocycles. The van der Waals surface area contributed by atoms with E-state index in [0.717, 1.165) is 30.8 Å². The molecule has 1 heterocycles. The molecule has 0 aromatic carbocycles. The molecule has 1 aliphatic heterocycles. The van der Waals surface area contributed by atoms with Crippen molar-refractivity contribution in [2.24, 2.45) is 17.8 Å². The maximum Gasteiger partial charge on any atom is 0.223 e. The Bertz CT molecular complexity index is 312. The zero-order valence-corrected chi connectivity index (χ0v) is 11.5. The monoisotopic (exact) mass is 250 g/mol. The van der Waals surface area contributed by atoms with Crippen molar-refractivity contribution in [2.45, 2.75) is 51.0 Å². The Hall–Kier alpha value is -0.570. The largest absolute Gasteiger partial charge is 0.345 e. The zero-order chi connectivity index (χ0) is 12.5. The van der Waals surface area contributed by atoms with Crippen LogP contribution in [0, 0.1) is 17.8 Å². The first-order valence-electron chi connectivity index (χ1n) is 7.69. The molecule has 1 saturated heterocycles. The van der Waals surface area contributed by atoms with Gasteiger partial charge in [-0.15, -0.1) is 0 Å². The van der Waals surface area contributed by atoms with E-state index in [1.54, 1.807) is 0 Å². The topological polar surface area (TPSA) is 32.3 Å². The van der Waals surface area contributed by atoms with Crippen molar-refractivity contribution in [3.05, 3.63) is 0 Å². The quantitative estimate of drug-likeness (QED) is 0.828. The third kappa shape index (κ3) is 2.56. The Morgan fingerprint density at radius 1 is 1.28 bits per heavy atom. The molecule has 0 radical (unpaired) electrons. The Balaban J connectivity index is 1.45. The lowest BCUT2D eigenvalue weighted by Crippen LogP contribution is -2.37. The van der Waals surface area contributed by atoms with E-state index in [0.29, 0.717) is 18.4 Å². The lowest BCUT2D eigenvalue weighted by atomic mass is 9.88. The average molecular weight is 250 g/mol. The second-order valence-corrected chi connectivity index (χ2v) is 6.71. The van der Waals surface area contributed by atoms with Crippen LogP contribution in [0.25, 0.3) is 0 Å². The molecule has 3 nitrogen and oxygen atoms in total. The number of carbonyl (C=O) groups is 1. The summed E-state index contributed by atoms with van der Waals surface area (Å²) >= 11 is 0. The normalized spacial score (nSPS) is 38.3. The number of nitrogens with one attached hydrogen (secondary N) is 1. The van der Waals surface area contributed by atoms with E-state index >= 15 is 0 Å². The Morgan fingerprint density at radius 2 is 2.17 bits per heavy atom. The second-order valence-electron chi connectivity index (χ2n) is 6.71. The van der Waals surface area contributed by atoms with E-state index in [1.165, 1.54) is 38.5 Å². The highest BCUT2D eigenvalue weighted by molar-refractivity contribution is 5.76. The van der Waals surface area contributed by atoms with Crippen molar-refractivity contribution in [1.29, 1.82) is 0 Å². The van der Waals surface area contributed by atoms with Crippen molar-refractivity contribution in [1.82, 2.24) is 10.2 Å². The standard InChI is InChI=1S/C15H26N2O/c1-17(15(18)9-14-3-2-6-16-14)10-13-8-11-4-5-12(13)7-11/h11-14,16H,2-10H2,1H3. The summed E-state index contributed by atoms with van der Waals surface area (Å²) in [7, 11) is 2.00. The first-order chi connectivity index (χ1) is 8.72. The summed E-state index contributed by atoms with van der Waals surface area (Å²) in [6.45, 7) is 2.10. The molecule has 102 valence electrons. The van der Waals surface area contributed by atoms with Gasteiger partial charge >= 0.3 is 0 Å². The predicted molar refractivity (Wildman–Crippen MR) is 72.2 cm³/mol. The molecule has 1 amide bonds. The number of hydrogen-bond acceptors (Lipinski definition) is 2. The van der Waals surface area contributed by atoms with Crippen molar-refractivity contribution in [2.75, 3.05) is 20.1 Å². The lowest BCUT2D eigenvalue weighted by Gasteiger charge is -2.28. The van der Waals surface area contributed by atoms with Crippen molar-refractivity contribution >= 4 is 5.91 Å². The molecule has 3 heteroatoms. The first kappa shape index (κ1) is 12.5. The van der Waals surface area contributed by atoms with Gasteiger partial charge in [-0.25, -0.2) is 0 Å². The molecule has 3 aliphatic rings. The maximum atomic E-state index is 12.2. The summed E-state index contributed by atoms with van der Waals surface area (Å²) in [6, 6.07) is 0.444. The van der Waals surface area contributed by atoms with E-state index in [-0.39, 0.29) is 0 Å². The number of carbonyl (C=O) groups excluding carboxylic acids is 1. The van der Waals surface area contributed by atoms with Crippen LogP contribution in [-0.2, 0) is 4.79 Å². The van der Waals surface area contributed by atoms with Crippen LogP contribution in [0.3, 0.4) is 0 Å². The minimum absolute atomic E-state index is 0.345. The number of fused-ring (bicyclic) bond motifs is 2. The summed E-state index contributed by atoms with van der Waals surface area (Å²) in [5, 5.41) is 3.42. The fourth-order valence-corrected chi connectivity index (χ4v) is 4.35. The first-order valence-corrected chi connectivity index (χ1v) is 7.69. The van der Waals surface area contributed by atoms with Gasteiger partial charge in [-0.2, -0.15) is 0 Å². The van der Waals surface area contributed by atoms with Gasteiger partial charge in [0, 0.05) is 26.1 Å². The molecule has 2 bridgehead atoms. The molecule has 18 heavy (non-hydrogen) atoms. The van der Waals surface area contributed by atoms with Crippen LogP contribution >= 0.6 is 0 Å². The van der Waals surface area contributed by atoms with E-state index in [2.05, 4.69) is 5.32 Å². The molecule has 4 unspecified atom stereocenters. The molecular weight excluding hydrogens is 224 g/mol. The summed E-state index contributed by atoms with van der Waals surface area (Å²) in [5.74, 6) is 3.06. The van der Waals surface area contributed by atoms with E-state index in [9.17, 15) is 4.79 Å². The SMILES string of the molecule is CN(CC1CC2CCC1C2)C(=O)CC1CCCN1. The smallest absolute Gasteiger partial charge is 0.223 e. The van der Waals surface area contributed by atoms with Gasteiger partial charge in [0.25, 0.3) is 0 Å².